The second kappa shape index (κ2) is 12.7. The number of nitrogens with zero attached hydrogens (tertiary/aromatic N) is 4. The molecule has 2 aromatic heterocycles. The minimum Gasteiger partial charge on any atom is -0.465 e. The van der Waals surface area contributed by atoms with Gasteiger partial charge in [-0.2, -0.15) is 0 Å². The summed E-state index contributed by atoms with van der Waals surface area (Å²) < 4.78 is 10.5. The Hall–Kier alpha value is -2.98. The number of carbonyl (C=O) groups is 2. The lowest BCUT2D eigenvalue weighted by molar-refractivity contribution is -0.156. The van der Waals surface area contributed by atoms with Crippen LogP contribution in [0.2, 0.25) is 0 Å². The third-order valence-corrected chi connectivity index (χ3v) is 7.70. The number of aryl methyl sites for hydroxylation is 1. The van der Waals surface area contributed by atoms with Crippen LogP contribution in [0.3, 0.4) is 0 Å². The molecule has 0 saturated heterocycles. The SMILES string of the molecule is CCc1cnc(N(CCc2csc(SC(C)(C)C(=O)OC(C)(C)C)n2)Cc2ccc(C(=O)OC)cc2)nc1. The molecule has 0 aliphatic heterocycles. The largest absolute Gasteiger partial charge is 0.465 e. The van der Waals surface area contributed by atoms with E-state index in [-0.39, 0.29) is 11.9 Å². The Morgan fingerprint density at radius 1 is 1.03 bits per heavy atom. The van der Waals surface area contributed by atoms with Gasteiger partial charge in [0, 0.05) is 37.3 Å². The molecule has 0 aliphatic rings. The molecule has 204 valence electrons. The Labute approximate surface area is 233 Å². The molecule has 10 heteroatoms. The minimum absolute atomic E-state index is 0.260. The Kier molecular flexibility index (Phi) is 9.89. The third-order valence-electron chi connectivity index (χ3n) is 5.53. The molecule has 0 aliphatic carbocycles. The summed E-state index contributed by atoms with van der Waals surface area (Å²) in [5.41, 5.74) is 3.00. The molecule has 0 atom stereocenters. The molecule has 0 saturated carbocycles. The van der Waals surface area contributed by atoms with Gasteiger partial charge in [0.2, 0.25) is 5.95 Å². The van der Waals surface area contributed by atoms with Crippen molar-refractivity contribution < 1.29 is 19.1 Å². The minimum atomic E-state index is -0.750. The lowest BCUT2D eigenvalue weighted by Gasteiger charge is -2.27. The molecule has 38 heavy (non-hydrogen) atoms. The van der Waals surface area contributed by atoms with Crippen molar-refractivity contribution in [2.24, 2.45) is 0 Å². The molecule has 0 spiro atoms. The molecular formula is C28H36N4O4S2. The molecule has 3 rings (SSSR count). The molecule has 0 N–H and O–H groups in total. The maximum atomic E-state index is 12.6. The van der Waals surface area contributed by atoms with Crippen LogP contribution < -0.4 is 4.90 Å². The second-order valence-corrected chi connectivity index (χ2v) is 13.1. The van der Waals surface area contributed by atoms with Gasteiger partial charge in [-0.1, -0.05) is 30.8 Å². The molecular weight excluding hydrogens is 520 g/mol. The summed E-state index contributed by atoms with van der Waals surface area (Å²) in [5.74, 6) is 0.0119. The number of thiazole rings is 1. The molecule has 0 bridgehead atoms. The quantitative estimate of drug-likeness (QED) is 0.216. The van der Waals surface area contributed by atoms with Gasteiger partial charge in [-0.05, 0) is 64.3 Å². The van der Waals surface area contributed by atoms with Gasteiger partial charge in [0.25, 0.3) is 0 Å². The third kappa shape index (κ3) is 8.52. The standard InChI is InChI=1S/C28H36N4O4S2/c1-8-19-15-29-25(30-16-19)32(17-20-9-11-21(12-10-20)23(33)35-7)14-13-22-18-37-26(31-22)38-28(5,6)24(34)36-27(2,3)4/h9-12,15-16,18H,8,13-14,17H2,1-7H3. The molecule has 3 aromatic rings. The van der Waals surface area contributed by atoms with Crippen LogP contribution in [-0.2, 0) is 33.7 Å². The number of methoxy groups -OCH3 is 1. The summed E-state index contributed by atoms with van der Waals surface area (Å²) in [7, 11) is 1.37. The predicted octanol–water partition coefficient (Wildman–Crippen LogP) is 5.74. The van der Waals surface area contributed by atoms with E-state index in [1.807, 2.05) is 64.5 Å². The Bertz CT molecular complexity index is 1220. The van der Waals surface area contributed by atoms with Crippen molar-refractivity contribution in [3.63, 3.8) is 0 Å². The lowest BCUT2D eigenvalue weighted by Crippen LogP contribution is -2.36. The van der Waals surface area contributed by atoms with Gasteiger partial charge >= 0.3 is 11.9 Å². The average Bonchev–Trinajstić information content (AvgIpc) is 3.32. The number of rotatable bonds is 11. The van der Waals surface area contributed by atoms with E-state index >= 15 is 0 Å². The van der Waals surface area contributed by atoms with Crippen molar-refractivity contribution >= 4 is 41.0 Å². The Morgan fingerprint density at radius 3 is 2.26 bits per heavy atom. The number of hydrogen-bond donors (Lipinski definition) is 0. The molecule has 1 aromatic carbocycles. The highest BCUT2D eigenvalue weighted by Crippen LogP contribution is 2.36. The van der Waals surface area contributed by atoms with Crippen molar-refractivity contribution in [2.75, 3.05) is 18.6 Å². The number of hydrogen-bond acceptors (Lipinski definition) is 10. The second-order valence-electron chi connectivity index (χ2n) is 10.3. The molecule has 0 unspecified atom stereocenters. The van der Waals surface area contributed by atoms with Gasteiger partial charge < -0.3 is 14.4 Å². The molecule has 0 fully saturated rings. The monoisotopic (exact) mass is 556 g/mol. The smallest absolute Gasteiger partial charge is 0.337 e. The van der Waals surface area contributed by atoms with Crippen molar-refractivity contribution in [3.05, 3.63) is 64.4 Å². The van der Waals surface area contributed by atoms with Gasteiger partial charge in [0.15, 0.2) is 4.34 Å². The predicted molar refractivity (Wildman–Crippen MR) is 152 cm³/mol. The van der Waals surface area contributed by atoms with Gasteiger partial charge in [0.1, 0.15) is 10.3 Å². The van der Waals surface area contributed by atoms with Gasteiger partial charge in [-0.3, -0.25) is 4.79 Å². The van der Waals surface area contributed by atoms with Gasteiger partial charge in [-0.15, -0.1) is 11.3 Å². The molecule has 0 radical (unpaired) electrons. The van der Waals surface area contributed by atoms with Crippen molar-refractivity contribution in [1.82, 2.24) is 15.0 Å². The zero-order valence-corrected chi connectivity index (χ0v) is 24.7. The summed E-state index contributed by atoms with van der Waals surface area (Å²) in [4.78, 5) is 40.5. The number of thioether (sulfide) groups is 1. The number of anilines is 1. The fraction of sp³-hybridized carbons (Fsp3) is 0.464. The van der Waals surface area contributed by atoms with E-state index in [0.717, 1.165) is 27.6 Å². The van der Waals surface area contributed by atoms with Gasteiger partial charge in [-0.25, -0.2) is 19.7 Å². The van der Waals surface area contributed by atoms with Crippen LogP contribution in [0.15, 0.2) is 46.4 Å². The summed E-state index contributed by atoms with van der Waals surface area (Å²) >= 11 is 2.94. The maximum absolute atomic E-state index is 12.6. The highest BCUT2D eigenvalue weighted by Gasteiger charge is 2.34. The van der Waals surface area contributed by atoms with E-state index < -0.39 is 10.3 Å². The Morgan fingerprint density at radius 2 is 1.68 bits per heavy atom. The van der Waals surface area contributed by atoms with Crippen LogP contribution >= 0.6 is 23.1 Å². The zero-order chi connectivity index (χ0) is 27.9. The van der Waals surface area contributed by atoms with Crippen molar-refractivity contribution in [3.8, 4) is 0 Å². The van der Waals surface area contributed by atoms with Crippen molar-refractivity contribution in [2.45, 2.75) is 75.6 Å². The maximum Gasteiger partial charge on any atom is 0.337 e. The molecule has 2 heterocycles. The van der Waals surface area contributed by atoms with Crippen LogP contribution in [0, 0.1) is 0 Å². The van der Waals surface area contributed by atoms with E-state index in [1.165, 1.54) is 30.2 Å². The van der Waals surface area contributed by atoms with Crippen LogP contribution in [0.1, 0.15) is 68.7 Å². The van der Waals surface area contributed by atoms with E-state index in [0.29, 0.717) is 31.0 Å². The first kappa shape index (κ1) is 29.6. The van der Waals surface area contributed by atoms with E-state index in [9.17, 15) is 9.59 Å². The normalized spacial score (nSPS) is 11.8. The summed E-state index contributed by atoms with van der Waals surface area (Å²) in [6, 6.07) is 7.35. The number of carbonyl (C=O) groups excluding carboxylic acids is 2. The van der Waals surface area contributed by atoms with Crippen LogP contribution in [-0.4, -0.2) is 50.9 Å². The fourth-order valence-electron chi connectivity index (χ4n) is 3.39. The number of aromatic nitrogens is 3. The summed E-state index contributed by atoms with van der Waals surface area (Å²) in [5, 5.41) is 2.03. The van der Waals surface area contributed by atoms with Crippen LogP contribution in [0.4, 0.5) is 5.95 Å². The van der Waals surface area contributed by atoms with Crippen LogP contribution in [0.25, 0.3) is 0 Å². The Balaban J connectivity index is 1.71. The topological polar surface area (TPSA) is 94.5 Å². The van der Waals surface area contributed by atoms with Crippen LogP contribution in [0.5, 0.6) is 0 Å². The molecule has 0 amide bonds. The number of esters is 2. The first-order chi connectivity index (χ1) is 17.9. The van der Waals surface area contributed by atoms with Crippen molar-refractivity contribution in [1.29, 1.82) is 0 Å². The number of benzene rings is 1. The van der Waals surface area contributed by atoms with E-state index in [4.69, 9.17) is 14.5 Å². The highest BCUT2D eigenvalue weighted by molar-refractivity contribution is 8.03. The fourth-order valence-corrected chi connectivity index (χ4v) is 5.65. The first-order valence-electron chi connectivity index (χ1n) is 12.5. The zero-order valence-electron chi connectivity index (χ0n) is 23.1. The summed E-state index contributed by atoms with van der Waals surface area (Å²) in [6.45, 7) is 12.6. The highest BCUT2D eigenvalue weighted by atomic mass is 32.2. The average molecular weight is 557 g/mol. The van der Waals surface area contributed by atoms with Gasteiger partial charge in [0.05, 0.1) is 18.4 Å². The van der Waals surface area contributed by atoms with E-state index in [1.54, 1.807) is 12.1 Å². The lowest BCUT2D eigenvalue weighted by atomic mass is 10.1. The summed E-state index contributed by atoms with van der Waals surface area (Å²) in [6.07, 6.45) is 5.26. The number of ether oxygens (including phenoxy) is 2. The van der Waals surface area contributed by atoms with E-state index in [2.05, 4.69) is 21.8 Å². The first-order valence-corrected chi connectivity index (χ1v) is 14.2. The molecule has 8 nitrogen and oxygen atoms in total.